The third kappa shape index (κ3) is 4.43. The Kier molecular flexibility index (Phi) is 5.72. The molecule has 0 saturated carbocycles. The van der Waals surface area contributed by atoms with Crippen molar-refractivity contribution >= 4 is 21.6 Å². The number of methoxy groups -OCH3 is 1. The van der Waals surface area contributed by atoms with Crippen LogP contribution in [0.4, 0.5) is 4.39 Å². The molecule has 0 atom stereocenters. The lowest BCUT2D eigenvalue weighted by Gasteiger charge is -2.27. The second kappa shape index (κ2) is 8.02. The summed E-state index contributed by atoms with van der Waals surface area (Å²) in [6.07, 6.45) is 2.75. The summed E-state index contributed by atoms with van der Waals surface area (Å²) >= 11 is 0. The average Bonchev–Trinajstić information content (AvgIpc) is 2.68. The number of sulfonamides is 1. The number of rotatable bonds is 5. The number of carbonyl (C=O) groups excluding carboxylic acids is 1. The minimum atomic E-state index is -3.70. The van der Waals surface area contributed by atoms with Crippen LogP contribution in [0.1, 0.15) is 17.5 Å². The van der Waals surface area contributed by atoms with E-state index in [2.05, 4.69) is 0 Å². The Labute approximate surface area is 158 Å². The van der Waals surface area contributed by atoms with Crippen LogP contribution in [0.15, 0.2) is 59.5 Å². The van der Waals surface area contributed by atoms with Gasteiger partial charge < -0.3 is 4.74 Å². The number of nitrogens with zero attached hydrogens (tertiary/aromatic N) is 1. The van der Waals surface area contributed by atoms with Crippen LogP contribution >= 0.6 is 0 Å². The van der Waals surface area contributed by atoms with E-state index >= 15 is 0 Å². The van der Waals surface area contributed by atoms with Gasteiger partial charge in [0, 0.05) is 13.1 Å². The van der Waals surface area contributed by atoms with Crippen molar-refractivity contribution in [1.29, 1.82) is 0 Å². The molecule has 0 fully saturated rings. The summed E-state index contributed by atoms with van der Waals surface area (Å²) in [6, 6.07) is 12.3. The van der Waals surface area contributed by atoms with Crippen molar-refractivity contribution in [3.8, 4) is 0 Å². The van der Waals surface area contributed by atoms with Gasteiger partial charge in [-0.15, -0.1) is 0 Å². The van der Waals surface area contributed by atoms with E-state index in [1.807, 2.05) is 30.3 Å². The zero-order valence-electron chi connectivity index (χ0n) is 14.9. The van der Waals surface area contributed by atoms with E-state index in [0.29, 0.717) is 13.0 Å². The third-order valence-electron chi connectivity index (χ3n) is 4.44. The van der Waals surface area contributed by atoms with Gasteiger partial charge in [0.1, 0.15) is 5.82 Å². The molecule has 1 aliphatic rings. The van der Waals surface area contributed by atoms with Crippen molar-refractivity contribution in [2.45, 2.75) is 17.7 Å². The number of halogens is 1. The summed E-state index contributed by atoms with van der Waals surface area (Å²) in [4.78, 5) is 11.6. The summed E-state index contributed by atoms with van der Waals surface area (Å²) in [7, 11) is -2.36. The smallest absolute Gasteiger partial charge is 0.309 e. The van der Waals surface area contributed by atoms with E-state index in [-0.39, 0.29) is 23.8 Å². The fraction of sp³-hybridized carbons (Fsp3) is 0.250. The van der Waals surface area contributed by atoms with Gasteiger partial charge in [-0.1, -0.05) is 30.3 Å². The van der Waals surface area contributed by atoms with Crippen LogP contribution < -0.4 is 0 Å². The van der Waals surface area contributed by atoms with Gasteiger partial charge >= 0.3 is 5.97 Å². The van der Waals surface area contributed by atoms with E-state index < -0.39 is 15.8 Å². The van der Waals surface area contributed by atoms with Crippen LogP contribution in [-0.4, -0.2) is 38.9 Å². The summed E-state index contributed by atoms with van der Waals surface area (Å²) in [5, 5.41) is 0. The average molecular weight is 389 g/mol. The monoisotopic (exact) mass is 389 g/mol. The highest BCUT2D eigenvalue weighted by molar-refractivity contribution is 7.89. The summed E-state index contributed by atoms with van der Waals surface area (Å²) < 4.78 is 44.9. The molecule has 5 nitrogen and oxygen atoms in total. The molecular weight excluding hydrogens is 369 g/mol. The highest BCUT2D eigenvalue weighted by atomic mass is 32.2. The molecule has 0 radical (unpaired) electrons. The SMILES string of the molecule is COC(=O)Cc1cccc(C2=CCCN(S(=O)(=O)c3ccc(F)cc3)C2)c1. The van der Waals surface area contributed by atoms with Gasteiger partial charge in [-0.25, -0.2) is 12.8 Å². The zero-order valence-corrected chi connectivity index (χ0v) is 15.7. The first-order valence-corrected chi connectivity index (χ1v) is 9.95. The molecule has 0 unspecified atom stereocenters. The zero-order chi connectivity index (χ0) is 19.4. The van der Waals surface area contributed by atoms with Gasteiger partial charge in [0.05, 0.1) is 18.4 Å². The molecule has 0 N–H and O–H groups in total. The second-order valence-corrected chi connectivity index (χ2v) is 8.20. The van der Waals surface area contributed by atoms with Gasteiger partial charge in [-0.05, 0) is 47.4 Å². The first-order valence-electron chi connectivity index (χ1n) is 8.51. The molecule has 2 aromatic carbocycles. The molecule has 7 heteroatoms. The Morgan fingerprint density at radius 1 is 1.19 bits per heavy atom. The molecule has 3 rings (SSSR count). The highest BCUT2D eigenvalue weighted by Crippen LogP contribution is 2.26. The summed E-state index contributed by atoms with van der Waals surface area (Å²) in [5.41, 5.74) is 2.55. The maximum absolute atomic E-state index is 13.1. The number of hydrogen-bond donors (Lipinski definition) is 0. The quantitative estimate of drug-likeness (QED) is 0.738. The molecule has 27 heavy (non-hydrogen) atoms. The molecular formula is C20H20FNO4S. The van der Waals surface area contributed by atoms with Crippen LogP contribution in [0, 0.1) is 5.82 Å². The van der Waals surface area contributed by atoms with Gasteiger partial charge in [-0.2, -0.15) is 4.31 Å². The van der Waals surface area contributed by atoms with Crippen LogP contribution in [0.5, 0.6) is 0 Å². The molecule has 142 valence electrons. The lowest BCUT2D eigenvalue weighted by atomic mass is 9.99. The Balaban J connectivity index is 1.82. The molecule has 1 aliphatic heterocycles. The predicted molar refractivity (Wildman–Crippen MR) is 99.9 cm³/mol. The van der Waals surface area contributed by atoms with Crippen LogP contribution in [0.25, 0.3) is 5.57 Å². The van der Waals surface area contributed by atoms with E-state index in [1.54, 1.807) is 0 Å². The number of hydrogen-bond acceptors (Lipinski definition) is 4. The van der Waals surface area contributed by atoms with Crippen LogP contribution in [0.3, 0.4) is 0 Å². The van der Waals surface area contributed by atoms with Gasteiger partial charge in [-0.3, -0.25) is 4.79 Å². The minimum absolute atomic E-state index is 0.0737. The first-order chi connectivity index (χ1) is 12.9. The number of carbonyl (C=O) groups is 1. The fourth-order valence-corrected chi connectivity index (χ4v) is 4.44. The maximum Gasteiger partial charge on any atom is 0.309 e. The molecule has 0 spiro atoms. The lowest BCUT2D eigenvalue weighted by molar-refractivity contribution is -0.139. The van der Waals surface area contributed by atoms with Crippen molar-refractivity contribution < 1.29 is 22.3 Å². The van der Waals surface area contributed by atoms with Gasteiger partial charge in [0.15, 0.2) is 0 Å². The standard InChI is InChI=1S/C20H20FNO4S/c1-26-20(23)13-15-4-2-5-16(12-15)17-6-3-11-22(14-17)27(24,25)19-9-7-18(21)8-10-19/h2,4-10,12H,3,11,13-14H2,1H3. The Morgan fingerprint density at radius 3 is 2.63 bits per heavy atom. The van der Waals surface area contributed by atoms with Crippen LogP contribution in [0.2, 0.25) is 0 Å². The fourth-order valence-electron chi connectivity index (χ4n) is 3.01. The number of benzene rings is 2. The van der Waals surface area contributed by atoms with E-state index in [9.17, 15) is 17.6 Å². The second-order valence-electron chi connectivity index (χ2n) is 6.26. The van der Waals surface area contributed by atoms with E-state index in [1.165, 1.54) is 23.5 Å². The van der Waals surface area contributed by atoms with E-state index in [0.717, 1.165) is 28.8 Å². The topological polar surface area (TPSA) is 63.7 Å². The van der Waals surface area contributed by atoms with Crippen molar-refractivity contribution in [3.05, 3.63) is 71.6 Å². The van der Waals surface area contributed by atoms with Crippen molar-refractivity contribution in [2.24, 2.45) is 0 Å². The Bertz CT molecular complexity index is 968. The molecule has 1 heterocycles. The molecule has 0 aliphatic carbocycles. The first kappa shape index (κ1) is 19.3. The maximum atomic E-state index is 13.1. The normalized spacial score (nSPS) is 15.3. The lowest BCUT2D eigenvalue weighted by Crippen LogP contribution is -2.35. The largest absolute Gasteiger partial charge is 0.469 e. The van der Waals surface area contributed by atoms with Gasteiger partial charge in [0.2, 0.25) is 10.0 Å². The van der Waals surface area contributed by atoms with Gasteiger partial charge in [0.25, 0.3) is 0 Å². The summed E-state index contributed by atoms with van der Waals surface area (Å²) in [6.45, 7) is 0.590. The number of esters is 1. The van der Waals surface area contributed by atoms with Crippen molar-refractivity contribution in [3.63, 3.8) is 0 Å². The summed E-state index contributed by atoms with van der Waals surface area (Å²) in [5.74, 6) is -0.805. The molecule has 0 aromatic heterocycles. The van der Waals surface area contributed by atoms with Crippen molar-refractivity contribution in [1.82, 2.24) is 4.31 Å². The van der Waals surface area contributed by atoms with E-state index in [4.69, 9.17) is 4.74 Å². The van der Waals surface area contributed by atoms with Crippen LogP contribution in [-0.2, 0) is 26.0 Å². The predicted octanol–water partition coefficient (Wildman–Crippen LogP) is 3.02. The molecule has 0 bridgehead atoms. The highest BCUT2D eigenvalue weighted by Gasteiger charge is 2.27. The molecule has 2 aromatic rings. The van der Waals surface area contributed by atoms with Crippen molar-refractivity contribution in [2.75, 3.05) is 20.2 Å². The number of ether oxygens (including phenoxy) is 1. The minimum Gasteiger partial charge on any atom is -0.469 e. The third-order valence-corrected chi connectivity index (χ3v) is 6.30. The Hall–Kier alpha value is -2.51. The Morgan fingerprint density at radius 2 is 1.93 bits per heavy atom. The molecule has 0 saturated heterocycles. The molecule has 0 amide bonds.